The van der Waals surface area contributed by atoms with Crippen molar-refractivity contribution in [1.82, 2.24) is 20.4 Å². The molecule has 1 aromatic carbocycles. The highest BCUT2D eigenvalue weighted by molar-refractivity contribution is 5.89. The van der Waals surface area contributed by atoms with Crippen molar-refractivity contribution in [3.63, 3.8) is 0 Å². The normalized spacial score (nSPS) is 16.8. The van der Waals surface area contributed by atoms with Crippen molar-refractivity contribution in [1.29, 1.82) is 0 Å². The molecule has 0 bridgehead atoms. The number of aryl methyl sites for hydroxylation is 1. The van der Waals surface area contributed by atoms with Gasteiger partial charge in [0, 0.05) is 31.9 Å². The fraction of sp³-hybridized carbons (Fsp3) is 0.474. The number of nitrogens with zero attached hydrogens (tertiary/aromatic N) is 5. The third kappa shape index (κ3) is 5.24. The highest BCUT2D eigenvalue weighted by atomic mass is 16.5. The zero-order valence-corrected chi connectivity index (χ0v) is 16.9. The Kier molecular flexibility index (Phi) is 6.40. The molecule has 0 atom stereocenters. The minimum absolute atomic E-state index is 0.270. The number of amides is 2. The van der Waals surface area contributed by atoms with E-state index in [1.54, 1.807) is 0 Å². The highest BCUT2D eigenvalue weighted by Crippen LogP contribution is 2.18. The molecule has 3 N–H and O–H groups in total. The molecular formula is C19H26N8O3. The molecule has 0 unspecified atom stereocenters. The monoisotopic (exact) mass is 414 g/mol. The van der Waals surface area contributed by atoms with E-state index in [0.717, 1.165) is 5.56 Å². The predicted octanol–water partition coefficient (Wildman–Crippen LogP) is 1.00. The SMILES string of the molecule is Cc1ccc(NC(=O)NNc2nc(N3CCOCC3)nc(N3CCOCC3)n2)cc1. The fourth-order valence-electron chi connectivity index (χ4n) is 3.13. The third-order valence-electron chi connectivity index (χ3n) is 4.80. The second kappa shape index (κ2) is 9.55. The van der Waals surface area contributed by atoms with Crippen molar-refractivity contribution in [2.75, 3.05) is 73.1 Å². The average Bonchev–Trinajstić information content (AvgIpc) is 2.80. The minimum atomic E-state index is -0.417. The molecule has 1 aromatic heterocycles. The Labute approximate surface area is 174 Å². The number of benzene rings is 1. The molecule has 2 aliphatic heterocycles. The summed E-state index contributed by atoms with van der Waals surface area (Å²) in [6.07, 6.45) is 0. The summed E-state index contributed by atoms with van der Waals surface area (Å²) in [5.41, 5.74) is 7.19. The molecule has 2 amide bonds. The first-order valence-corrected chi connectivity index (χ1v) is 9.98. The van der Waals surface area contributed by atoms with Crippen LogP contribution in [0.2, 0.25) is 0 Å². The van der Waals surface area contributed by atoms with E-state index in [1.165, 1.54) is 0 Å². The van der Waals surface area contributed by atoms with E-state index in [9.17, 15) is 4.79 Å². The van der Waals surface area contributed by atoms with Gasteiger partial charge in [0.2, 0.25) is 17.8 Å². The maximum atomic E-state index is 12.2. The van der Waals surface area contributed by atoms with E-state index >= 15 is 0 Å². The Morgan fingerprint density at radius 1 is 0.867 bits per heavy atom. The van der Waals surface area contributed by atoms with Crippen LogP contribution in [0.25, 0.3) is 0 Å². The van der Waals surface area contributed by atoms with Gasteiger partial charge in [-0.15, -0.1) is 0 Å². The zero-order valence-electron chi connectivity index (χ0n) is 16.9. The van der Waals surface area contributed by atoms with Crippen LogP contribution < -0.4 is 26.0 Å². The van der Waals surface area contributed by atoms with E-state index in [4.69, 9.17) is 9.47 Å². The number of hydrogen-bond donors (Lipinski definition) is 3. The van der Waals surface area contributed by atoms with Gasteiger partial charge in [-0.05, 0) is 19.1 Å². The number of hydrogen-bond acceptors (Lipinski definition) is 9. The maximum Gasteiger partial charge on any atom is 0.337 e. The number of rotatable bonds is 5. The fourth-order valence-corrected chi connectivity index (χ4v) is 3.13. The largest absolute Gasteiger partial charge is 0.378 e. The van der Waals surface area contributed by atoms with E-state index < -0.39 is 6.03 Å². The van der Waals surface area contributed by atoms with Crippen LogP contribution in [0.15, 0.2) is 24.3 Å². The van der Waals surface area contributed by atoms with E-state index in [2.05, 4.69) is 31.1 Å². The molecule has 0 aliphatic carbocycles. The molecule has 0 radical (unpaired) electrons. The number of carbonyl (C=O) groups excluding carboxylic acids is 1. The average molecular weight is 414 g/mol. The Morgan fingerprint density at radius 2 is 1.40 bits per heavy atom. The van der Waals surface area contributed by atoms with Crippen LogP contribution in [-0.2, 0) is 9.47 Å². The molecule has 2 aromatic rings. The van der Waals surface area contributed by atoms with Crippen molar-refractivity contribution in [3.05, 3.63) is 29.8 Å². The Bertz CT molecular complexity index is 815. The van der Waals surface area contributed by atoms with Gasteiger partial charge in [0.25, 0.3) is 0 Å². The number of hydrazine groups is 1. The molecule has 3 heterocycles. The summed E-state index contributed by atoms with van der Waals surface area (Å²) in [6.45, 7) is 7.29. The number of nitrogens with one attached hydrogen (secondary N) is 3. The Morgan fingerprint density at radius 3 is 1.93 bits per heavy atom. The van der Waals surface area contributed by atoms with Gasteiger partial charge in [0.15, 0.2) is 0 Å². The molecule has 4 rings (SSSR count). The first kappa shape index (κ1) is 20.1. The number of anilines is 4. The van der Waals surface area contributed by atoms with Crippen LogP contribution in [0, 0.1) is 6.92 Å². The number of urea groups is 1. The second-order valence-corrected chi connectivity index (χ2v) is 7.03. The molecule has 160 valence electrons. The van der Waals surface area contributed by atoms with Gasteiger partial charge < -0.3 is 24.6 Å². The molecule has 2 aliphatic rings. The second-order valence-electron chi connectivity index (χ2n) is 7.03. The van der Waals surface area contributed by atoms with Crippen molar-refractivity contribution in [3.8, 4) is 0 Å². The molecule has 0 spiro atoms. The number of morpholine rings is 2. The maximum absolute atomic E-state index is 12.2. The minimum Gasteiger partial charge on any atom is -0.378 e. The standard InChI is InChI=1S/C19H26N8O3/c1-14-2-4-15(5-3-14)20-19(28)25-24-16-21-17(26-6-10-29-11-7-26)23-18(22-16)27-8-12-30-13-9-27/h2-5H,6-13H2,1H3,(H2,20,25,28)(H,21,22,23,24). The van der Waals surface area contributed by atoms with Crippen LogP contribution in [0.3, 0.4) is 0 Å². The van der Waals surface area contributed by atoms with Crippen LogP contribution in [-0.4, -0.2) is 73.6 Å². The lowest BCUT2D eigenvalue weighted by molar-refractivity contribution is 0.121. The van der Waals surface area contributed by atoms with Gasteiger partial charge in [-0.3, -0.25) is 5.43 Å². The van der Waals surface area contributed by atoms with E-state index in [-0.39, 0.29) is 5.95 Å². The topological polar surface area (TPSA) is 117 Å². The first-order valence-electron chi connectivity index (χ1n) is 9.98. The summed E-state index contributed by atoms with van der Waals surface area (Å²) in [5.74, 6) is 1.38. The van der Waals surface area contributed by atoms with Crippen LogP contribution in [0.4, 0.5) is 28.3 Å². The van der Waals surface area contributed by atoms with Gasteiger partial charge >= 0.3 is 6.03 Å². The lowest BCUT2D eigenvalue weighted by atomic mass is 10.2. The van der Waals surface area contributed by atoms with Crippen molar-refractivity contribution >= 4 is 29.6 Å². The quantitative estimate of drug-likeness (QED) is 0.616. The molecular weight excluding hydrogens is 388 g/mol. The summed E-state index contributed by atoms with van der Waals surface area (Å²) >= 11 is 0. The third-order valence-corrected chi connectivity index (χ3v) is 4.80. The molecule has 30 heavy (non-hydrogen) atoms. The predicted molar refractivity (Wildman–Crippen MR) is 113 cm³/mol. The van der Waals surface area contributed by atoms with Gasteiger partial charge in [0.1, 0.15) is 0 Å². The first-order chi connectivity index (χ1) is 14.7. The van der Waals surface area contributed by atoms with Crippen molar-refractivity contribution in [2.45, 2.75) is 6.92 Å². The molecule has 0 saturated carbocycles. The molecule has 11 nitrogen and oxygen atoms in total. The number of aromatic nitrogens is 3. The van der Waals surface area contributed by atoms with Gasteiger partial charge in [-0.1, -0.05) is 17.7 Å². The summed E-state index contributed by atoms with van der Waals surface area (Å²) in [6, 6.07) is 7.12. The van der Waals surface area contributed by atoms with Gasteiger partial charge in [-0.2, -0.15) is 15.0 Å². The van der Waals surface area contributed by atoms with Gasteiger partial charge in [0.05, 0.1) is 26.4 Å². The van der Waals surface area contributed by atoms with Gasteiger partial charge in [-0.25, -0.2) is 10.2 Å². The van der Waals surface area contributed by atoms with Crippen molar-refractivity contribution < 1.29 is 14.3 Å². The van der Waals surface area contributed by atoms with Crippen molar-refractivity contribution in [2.24, 2.45) is 0 Å². The lowest BCUT2D eigenvalue weighted by Crippen LogP contribution is -2.40. The Hall–Kier alpha value is -3.18. The van der Waals surface area contributed by atoms with Crippen LogP contribution in [0.1, 0.15) is 5.56 Å². The van der Waals surface area contributed by atoms with E-state index in [0.29, 0.717) is 70.2 Å². The highest BCUT2D eigenvalue weighted by Gasteiger charge is 2.20. The van der Waals surface area contributed by atoms with E-state index in [1.807, 2.05) is 41.0 Å². The lowest BCUT2D eigenvalue weighted by Gasteiger charge is -2.30. The molecule has 11 heteroatoms. The smallest absolute Gasteiger partial charge is 0.337 e. The number of carbonyl (C=O) groups is 1. The molecule has 2 fully saturated rings. The van der Waals surface area contributed by atoms with Crippen LogP contribution in [0.5, 0.6) is 0 Å². The summed E-state index contributed by atoms with van der Waals surface area (Å²) in [5, 5.41) is 2.76. The summed E-state index contributed by atoms with van der Waals surface area (Å²) in [4.78, 5) is 29.9. The molecule has 2 saturated heterocycles. The van der Waals surface area contributed by atoms with Crippen LogP contribution >= 0.6 is 0 Å². The Balaban J connectivity index is 1.46. The number of ether oxygens (including phenoxy) is 2. The summed E-state index contributed by atoms with van der Waals surface area (Å²) in [7, 11) is 0. The summed E-state index contributed by atoms with van der Waals surface area (Å²) < 4.78 is 10.8. The zero-order chi connectivity index (χ0) is 20.8.